The summed E-state index contributed by atoms with van der Waals surface area (Å²) in [6.07, 6.45) is 5.18. The molecule has 0 bridgehead atoms. The molecule has 0 aliphatic carbocycles. The van der Waals surface area contributed by atoms with Gasteiger partial charge >= 0.3 is 0 Å². The third kappa shape index (κ3) is 3.82. The molecule has 106 valence electrons. The number of pyridine rings is 1. The van der Waals surface area contributed by atoms with E-state index in [0.717, 1.165) is 17.1 Å². The van der Waals surface area contributed by atoms with Crippen molar-refractivity contribution in [3.63, 3.8) is 0 Å². The van der Waals surface area contributed by atoms with Gasteiger partial charge in [-0.15, -0.1) is 0 Å². The maximum absolute atomic E-state index is 9.87. The minimum absolute atomic E-state index is 0.0620. The smallest absolute Gasteiger partial charge is 0.144 e. The number of rotatable bonds is 5. The SMILES string of the molecule is CC(NCc1ccc(C(C)(C)O)cn1)c1ncccn1. The second-order valence-electron chi connectivity index (χ2n) is 5.31. The van der Waals surface area contributed by atoms with Crippen molar-refractivity contribution in [2.24, 2.45) is 0 Å². The van der Waals surface area contributed by atoms with Crippen molar-refractivity contribution in [3.05, 3.63) is 53.9 Å². The zero-order valence-corrected chi connectivity index (χ0v) is 12.0. The van der Waals surface area contributed by atoms with Gasteiger partial charge in [-0.1, -0.05) is 6.07 Å². The van der Waals surface area contributed by atoms with Crippen LogP contribution in [0.5, 0.6) is 0 Å². The molecule has 0 spiro atoms. The van der Waals surface area contributed by atoms with E-state index in [-0.39, 0.29) is 6.04 Å². The minimum Gasteiger partial charge on any atom is -0.386 e. The average molecular weight is 272 g/mol. The van der Waals surface area contributed by atoms with Crippen LogP contribution in [0.4, 0.5) is 0 Å². The molecule has 2 heterocycles. The van der Waals surface area contributed by atoms with Crippen LogP contribution < -0.4 is 5.32 Å². The molecule has 0 fully saturated rings. The Morgan fingerprint density at radius 3 is 2.45 bits per heavy atom. The summed E-state index contributed by atoms with van der Waals surface area (Å²) >= 11 is 0. The molecular weight excluding hydrogens is 252 g/mol. The van der Waals surface area contributed by atoms with Gasteiger partial charge in [0, 0.05) is 30.7 Å². The average Bonchev–Trinajstić information content (AvgIpc) is 2.45. The van der Waals surface area contributed by atoms with E-state index < -0.39 is 5.60 Å². The van der Waals surface area contributed by atoms with Gasteiger partial charge in [-0.3, -0.25) is 4.98 Å². The molecule has 0 aliphatic rings. The zero-order chi connectivity index (χ0) is 14.6. The summed E-state index contributed by atoms with van der Waals surface area (Å²) in [5.41, 5.74) is 0.867. The molecule has 20 heavy (non-hydrogen) atoms. The minimum atomic E-state index is -0.857. The van der Waals surface area contributed by atoms with E-state index in [1.54, 1.807) is 38.5 Å². The molecule has 1 atom stereocenters. The number of hydrogen-bond acceptors (Lipinski definition) is 5. The molecule has 5 heteroatoms. The van der Waals surface area contributed by atoms with Crippen molar-refractivity contribution in [2.45, 2.75) is 39.0 Å². The predicted octanol–water partition coefficient (Wildman–Crippen LogP) is 1.95. The third-order valence-corrected chi connectivity index (χ3v) is 3.09. The summed E-state index contributed by atoms with van der Waals surface area (Å²) in [5.74, 6) is 0.764. The van der Waals surface area contributed by atoms with Crippen LogP contribution in [0.2, 0.25) is 0 Å². The zero-order valence-electron chi connectivity index (χ0n) is 12.0. The van der Waals surface area contributed by atoms with E-state index in [4.69, 9.17) is 0 Å². The van der Waals surface area contributed by atoms with Crippen molar-refractivity contribution in [3.8, 4) is 0 Å². The maximum Gasteiger partial charge on any atom is 0.144 e. The molecule has 2 rings (SSSR count). The predicted molar refractivity (Wildman–Crippen MR) is 76.8 cm³/mol. The summed E-state index contributed by atoms with van der Waals surface area (Å²) in [6.45, 7) is 6.14. The lowest BCUT2D eigenvalue weighted by Gasteiger charge is -2.17. The first-order valence-electron chi connectivity index (χ1n) is 6.65. The number of aromatic nitrogens is 3. The maximum atomic E-state index is 9.87. The van der Waals surface area contributed by atoms with E-state index in [1.165, 1.54) is 0 Å². The summed E-state index contributed by atoms with van der Waals surface area (Å²) < 4.78 is 0. The van der Waals surface area contributed by atoms with Crippen LogP contribution in [0, 0.1) is 0 Å². The number of aliphatic hydroxyl groups is 1. The van der Waals surface area contributed by atoms with Crippen molar-refractivity contribution in [1.82, 2.24) is 20.3 Å². The van der Waals surface area contributed by atoms with Crippen LogP contribution in [0.1, 0.15) is 43.9 Å². The Morgan fingerprint density at radius 1 is 1.20 bits per heavy atom. The Bertz CT molecular complexity index is 534. The summed E-state index contributed by atoms with van der Waals surface area (Å²) in [4.78, 5) is 12.8. The molecule has 0 saturated carbocycles. The van der Waals surface area contributed by atoms with Crippen LogP contribution >= 0.6 is 0 Å². The molecule has 0 radical (unpaired) electrons. The lowest BCUT2D eigenvalue weighted by Crippen LogP contribution is -2.21. The van der Waals surface area contributed by atoms with Crippen LogP contribution in [-0.4, -0.2) is 20.1 Å². The highest BCUT2D eigenvalue weighted by molar-refractivity contribution is 5.19. The highest BCUT2D eigenvalue weighted by atomic mass is 16.3. The highest BCUT2D eigenvalue weighted by Crippen LogP contribution is 2.18. The molecule has 1 unspecified atom stereocenters. The highest BCUT2D eigenvalue weighted by Gasteiger charge is 2.16. The fourth-order valence-corrected chi connectivity index (χ4v) is 1.77. The van der Waals surface area contributed by atoms with Crippen molar-refractivity contribution in [1.29, 1.82) is 0 Å². The quantitative estimate of drug-likeness (QED) is 0.870. The first kappa shape index (κ1) is 14.6. The Hall–Kier alpha value is -1.85. The first-order valence-corrected chi connectivity index (χ1v) is 6.65. The Balaban J connectivity index is 1.94. The topological polar surface area (TPSA) is 70.9 Å². The van der Waals surface area contributed by atoms with E-state index in [9.17, 15) is 5.11 Å². The fourth-order valence-electron chi connectivity index (χ4n) is 1.77. The molecule has 0 saturated heterocycles. The van der Waals surface area contributed by atoms with Crippen LogP contribution in [0.25, 0.3) is 0 Å². The Labute approximate surface area is 119 Å². The van der Waals surface area contributed by atoms with Gasteiger partial charge in [-0.2, -0.15) is 0 Å². The Kier molecular flexibility index (Phi) is 4.42. The van der Waals surface area contributed by atoms with E-state index >= 15 is 0 Å². The normalized spacial score (nSPS) is 13.2. The van der Waals surface area contributed by atoms with Crippen LogP contribution in [-0.2, 0) is 12.1 Å². The van der Waals surface area contributed by atoms with Gasteiger partial charge in [0.2, 0.25) is 0 Å². The molecule has 2 N–H and O–H groups in total. The monoisotopic (exact) mass is 272 g/mol. The first-order chi connectivity index (χ1) is 9.47. The second-order valence-corrected chi connectivity index (χ2v) is 5.31. The number of nitrogens with one attached hydrogen (secondary N) is 1. The molecule has 5 nitrogen and oxygen atoms in total. The Morgan fingerprint density at radius 2 is 1.90 bits per heavy atom. The van der Waals surface area contributed by atoms with Gasteiger partial charge in [-0.05, 0) is 32.9 Å². The fraction of sp³-hybridized carbons (Fsp3) is 0.400. The van der Waals surface area contributed by atoms with E-state index in [1.807, 2.05) is 19.1 Å². The van der Waals surface area contributed by atoms with Crippen molar-refractivity contribution in [2.75, 3.05) is 0 Å². The largest absolute Gasteiger partial charge is 0.386 e. The van der Waals surface area contributed by atoms with E-state index in [0.29, 0.717) is 6.54 Å². The molecular formula is C15H20N4O. The lowest BCUT2D eigenvalue weighted by atomic mass is 10.0. The van der Waals surface area contributed by atoms with Crippen LogP contribution in [0.3, 0.4) is 0 Å². The number of nitrogens with zero attached hydrogens (tertiary/aromatic N) is 3. The van der Waals surface area contributed by atoms with Gasteiger partial charge in [-0.25, -0.2) is 9.97 Å². The standard InChI is InChI=1S/C15H20N4O/c1-11(14-16-7-4-8-17-14)18-10-13-6-5-12(9-19-13)15(2,3)20/h4-9,11,18,20H,10H2,1-3H3. The van der Waals surface area contributed by atoms with Gasteiger partial charge in [0.25, 0.3) is 0 Å². The lowest BCUT2D eigenvalue weighted by molar-refractivity contribution is 0.0782. The van der Waals surface area contributed by atoms with Gasteiger partial charge in [0.1, 0.15) is 5.82 Å². The molecule has 0 aliphatic heterocycles. The van der Waals surface area contributed by atoms with Crippen LogP contribution in [0.15, 0.2) is 36.8 Å². The van der Waals surface area contributed by atoms with Gasteiger partial charge in [0.15, 0.2) is 0 Å². The van der Waals surface area contributed by atoms with E-state index in [2.05, 4.69) is 20.3 Å². The molecule has 0 aromatic carbocycles. The van der Waals surface area contributed by atoms with Gasteiger partial charge in [0.05, 0.1) is 17.3 Å². The molecule has 2 aromatic rings. The number of hydrogen-bond donors (Lipinski definition) is 2. The van der Waals surface area contributed by atoms with Crippen molar-refractivity contribution < 1.29 is 5.11 Å². The molecule has 0 amide bonds. The van der Waals surface area contributed by atoms with Crippen molar-refractivity contribution >= 4 is 0 Å². The summed E-state index contributed by atoms with van der Waals surface area (Å²) in [6, 6.07) is 5.67. The molecule has 2 aromatic heterocycles. The third-order valence-electron chi connectivity index (χ3n) is 3.09. The van der Waals surface area contributed by atoms with Gasteiger partial charge < -0.3 is 10.4 Å². The summed E-state index contributed by atoms with van der Waals surface area (Å²) in [5, 5.41) is 13.2. The summed E-state index contributed by atoms with van der Waals surface area (Å²) in [7, 11) is 0. The second kappa shape index (κ2) is 6.07.